The predicted molar refractivity (Wildman–Crippen MR) is 61.8 cm³/mol. The van der Waals surface area contributed by atoms with Crippen molar-refractivity contribution < 1.29 is 9.59 Å². The molecule has 0 aliphatic heterocycles. The molecule has 4 heteroatoms. The van der Waals surface area contributed by atoms with E-state index >= 15 is 0 Å². The highest BCUT2D eigenvalue weighted by Crippen LogP contribution is 2.03. The zero-order chi connectivity index (χ0) is 11.3. The van der Waals surface area contributed by atoms with Crippen molar-refractivity contribution >= 4 is 28.9 Å². The SMILES string of the molecule is CC(=O)NC(=S)CC(=O)c1ccccc1. The van der Waals surface area contributed by atoms with Gasteiger partial charge >= 0.3 is 0 Å². The zero-order valence-electron chi connectivity index (χ0n) is 8.32. The third-order valence-electron chi connectivity index (χ3n) is 1.73. The lowest BCUT2D eigenvalue weighted by molar-refractivity contribution is -0.117. The maximum atomic E-state index is 11.6. The van der Waals surface area contributed by atoms with Crippen LogP contribution >= 0.6 is 12.2 Å². The second-order valence-corrected chi connectivity index (χ2v) is 3.56. The Kier molecular flexibility index (Phi) is 4.12. The van der Waals surface area contributed by atoms with Gasteiger partial charge in [-0.25, -0.2) is 0 Å². The summed E-state index contributed by atoms with van der Waals surface area (Å²) in [6.07, 6.45) is 0.0684. The number of Topliss-reactive ketones (excluding diaryl/α,β-unsaturated/α-hetero) is 1. The van der Waals surface area contributed by atoms with E-state index in [0.29, 0.717) is 5.56 Å². The summed E-state index contributed by atoms with van der Waals surface area (Å²) in [5.74, 6) is -0.338. The normalized spacial score (nSPS) is 9.40. The molecule has 0 fully saturated rings. The van der Waals surface area contributed by atoms with Crippen LogP contribution in [0.25, 0.3) is 0 Å². The summed E-state index contributed by atoms with van der Waals surface area (Å²) in [4.78, 5) is 22.5. The molecular formula is C11H11NO2S. The fourth-order valence-electron chi connectivity index (χ4n) is 1.11. The van der Waals surface area contributed by atoms with E-state index in [0.717, 1.165) is 0 Å². The molecule has 0 aliphatic carbocycles. The van der Waals surface area contributed by atoms with Crippen molar-refractivity contribution in [1.82, 2.24) is 5.32 Å². The molecule has 78 valence electrons. The summed E-state index contributed by atoms with van der Waals surface area (Å²) in [6.45, 7) is 1.36. The summed E-state index contributed by atoms with van der Waals surface area (Å²) < 4.78 is 0. The van der Waals surface area contributed by atoms with Crippen molar-refractivity contribution in [3.63, 3.8) is 0 Å². The third-order valence-corrected chi connectivity index (χ3v) is 1.98. The highest BCUT2D eigenvalue weighted by molar-refractivity contribution is 7.80. The molecule has 0 saturated heterocycles. The van der Waals surface area contributed by atoms with Crippen LogP contribution < -0.4 is 5.32 Å². The van der Waals surface area contributed by atoms with E-state index in [1.807, 2.05) is 6.07 Å². The second-order valence-electron chi connectivity index (χ2n) is 3.07. The smallest absolute Gasteiger partial charge is 0.221 e. The second kappa shape index (κ2) is 5.36. The molecule has 0 radical (unpaired) electrons. The summed E-state index contributed by atoms with van der Waals surface area (Å²) in [5, 5.41) is 2.42. The molecule has 15 heavy (non-hydrogen) atoms. The van der Waals surface area contributed by atoms with Crippen molar-refractivity contribution in [1.29, 1.82) is 0 Å². The minimum atomic E-state index is -0.249. The number of ketones is 1. The van der Waals surface area contributed by atoms with Crippen LogP contribution in [0.15, 0.2) is 30.3 Å². The molecule has 1 amide bonds. The van der Waals surface area contributed by atoms with Gasteiger partial charge in [0.15, 0.2) is 5.78 Å². The van der Waals surface area contributed by atoms with Crippen molar-refractivity contribution in [2.45, 2.75) is 13.3 Å². The fourth-order valence-corrected chi connectivity index (χ4v) is 1.39. The Morgan fingerprint density at radius 3 is 2.40 bits per heavy atom. The number of carbonyl (C=O) groups is 2. The molecule has 3 nitrogen and oxygen atoms in total. The van der Waals surface area contributed by atoms with E-state index in [1.54, 1.807) is 24.3 Å². The van der Waals surface area contributed by atoms with E-state index in [9.17, 15) is 9.59 Å². The Hall–Kier alpha value is -1.55. The largest absolute Gasteiger partial charge is 0.320 e. The minimum absolute atomic E-state index is 0.0684. The van der Waals surface area contributed by atoms with Crippen LogP contribution in [0.2, 0.25) is 0 Å². The van der Waals surface area contributed by atoms with Gasteiger partial charge in [0, 0.05) is 12.5 Å². The summed E-state index contributed by atoms with van der Waals surface area (Å²) >= 11 is 4.85. The monoisotopic (exact) mass is 221 g/mol. The number of hydrogen-bond donors (Lipinski definition) is 1. The first-order valence-electron chi connectivity index (χ1n) is 4.48. The highest BCUT2D eigenvalue weighted by Gasteiger charge is 2.08. The van der Waals surface area contributed by atoms with Crippen LogP contribution in [0.5, 0.6) is 0 Å². The lowest BCUT2D eigenvalue weighted by Gasteiger charge is -2.03. The first-order chi connectivity index (χ1) is 7.09. The van der Waals surface area contributed by atoms with Gasteiger partial charge in [-0.2, -0.15) is 0 Å². The first kappa shape index (κ1) is 11.5. The molecule has 0 spiro atoms. The minimum Gasteiger partial charge on any atom is -0.320 e. The molecule has 1 rings (SSSR count). The van der Waals surface area contributed by atoms with E-state index in [1.165, 1.54) is 6.92 Å². The molecule has 0 saturated carbocycles. The van der Waals surface area contributed by atoms with Gasteiger partial charge in [-0.1, -0.05) is 42.5 Å². The first-order valence-corrected chi connectivity index (χ1v) is 4.89. The van der Waals surface area contributed by atoms with Gasteiger partial charge in [-0.15, -0.1) is 0 Å². The van der Waals surface area contributed by atoms with Gasteiger partial charge in [-0.3, -0.25) is 9.59 Å². The molecular weight excluding hydrogens is 210 g/mol. The average molecular weight is 221 g/mol. The topological polar surface area (TPSA) is 46.2 Å². The van der Waals surface area contributed by atoms with E-state index in [-0.39, 0.29) is 23.1 Å². The number of rotatable bonds is 3. The molecule has 0 unspecified atom stereocenters. The maximum absolute atomic E-state index is 11.6. The van der Waals surface area contributed by atoms with Crippen molar-refractivity contribution in [3.8, 4) is 0 Å². The summed E-state index contributed by atoms with van der Waals surface area (Å²) in [5.41, 5.74) is 0.602. The zero-order valence-corrected chi connectivity index (χ0v) is 9.14. The lowest BCUT2D eigenvalue weighted by Crippen LogP contribution is -2.28. The Balaban J connectivity index is 2.57. The van der Waals surface area contributed by atoms with Gasteiger partial charge in [0.05, 0.1) is 11.4 Å². The van der Waals surface area contributed by atoms with E-state index in [2.05, 4.69) is 5.32 Å². The van der Waals surface area contributed by atoms with Crippen LogP contribution in [-0.4, -0.2) is 16.7 Å². The summed E-state index contributed by atoms with van der Waals surface area (Å²) in [7, 11) is 0. The standard InChI is InChI=1S/C11H11NO2S/c1-8(13)12-11(15)7-10(14)9-5-3-2-4-6-9/h2-6H,7H2,1H3,(H,12,13,15). The summed E-state index contributed by atoms with van der Waals surface area (Å²) in [6, 6.07) is 8.85. The number of amides is 1. The Morgan fingerprint density at radius 1 is 1.27 bits per heavy atom. The van der Waals surface area contributed by atoms with Gasteiger partial charge < -0.3 is 5.32 Å². The van der Waals surface area contributed by atoms with Gasteiger partial charge in [0.1, 0.15) is 0 Å². The van der Waals surface area contributed by atoms with Crippen LogP contribution in [0.3, 0.4) is 0 Å². The predicted octanol–water partition coefficient (Wildman–Crippen LogP) is 1.72. The van der Waals surface area contributed by atoms with E-state index < -0.39 is 0 Å². The quantitative estimate of drug-likeness (QED) is 0.624. The van der Waals surface area contributed by atoms with E-state index in [4.69, 9.17) is 12.2 Å². The van der Waals surface area contributed by atoms with Gasteiger partial charge in [0.2, 0.25) is 5.91 Å². The number of hydrogen-bond acceptors (Lipinski definition) is 3. The molecule has 1 aromatic rings. The number of thiocarbonyl (C=S) groups is 1. The lowest BCUT2D eigenvalue weighted by atomic mass is 10.1. The molecule has 1 N–H and O–H groups in total. The number of nitrogens with one attached hydrogen (secondary N) is 1. The molecule has 1 aromatic carbocycles. The van der Waals surface area contributed by atoms with Crippen molar-refractivity contribution in [2.75, 3.05) is 0 Å². The van der Waals surface area contributed by atoms with Crippen LogP contribution in [0.4, 0.5) is 0 Å². The number of benzene rings is 1. The average Bonchev–Trinajstić information content (AvgIpc) is 2.17. The molecule has 0 aliphatic rings. The van der Waals surface area contributed by atoms with Crippen LogP contribution in [0, 0.1) is 0 Å². The fraction of sp³-hybridized carbons (Fsp3) is 0.182. The van der Waals surface area contributed by atoms with Crippen LogP contribution in [0.1, 0.15) is 23.7 Å². The Labute approximate surface area is 93.5 Å². The van der Waals surface area contributed by atoms with Crippen molar-refractivity contribution in [3.05, 3.63) is 35.9 Å². The van der Waals surface area contributed by atoms with Crippen LogP contribution in [-0.2, 0) is 4.79 Å². The molecule has 0 bridgehead atoms. The molecule has 0 heterocycles. The van der Waals surface area contributed by atoms with Gasteiger partial charge in [-0.05, 0) is 0 Å². The highest BCUT2D eigenvalue weighted by atomic mass is 32.1. The number of carbonyl (C=O) groups excluding carboxylic acids is 2. The third kappa shape index (κ3) is 3.99. The molecule has 0 atom stereocenters. The van der Waals surface area contributed by atoms with Gasteiger partial charge in [0.25, 0.3) is 0 Å². The maximum Gasteiger partial charge on any atom is 0.221 e. The van der Waals surface area contributed by atoms with Crippen molar-refractivity contribution in [2.24, 2.45) is 0 Å². The Morgan fingerprint density at radius 2 is 1.87 bits per heavy atom. The Bertz CT molecular complexity index is 387. The molecule has 0 aromatic heterocycles.